The van der Waals surface area contributed by atoms with Gasteiger partial charge in [0.25, 0.3) is 0 Å². The molecule has 5 heteroatoms. The number of benzene rings is 1. The van der Waals surface area contributed by atoms with Crippen LogP contribution in [0.15, 0.2) is 35.7 Å². The van der Waals surface area contributed by atoms with Crippen molar-refractivity contribution in [3.05, 3.63) is 46.6 Å². The average Bonchev–Trinajstić information content (AvgIpc) is 2.89. The zero-order valence-corrected chi connectivity index (χ0v) is 12.6. The summed E-state index contributed by atoms with van der Waals surface area (Å²) in [7, 11) is 0. The zero-order valence-electron chi connectivity index (χ0n) is 11.1. The molecule has 0 aliphatic carbocycles. The third-order valence-corrected chi connectivity index (χ3v) is 4.06. The Bertz CT molecular complexity index is 739. The summed E-state index contributed by atoms with van der Waals surface area (Å²) in [4.78, 5) is 9.45. The first-order valence-corrected chi connectivity index (χ1v) is 7.79. The van der Waals surface area contributed by atoms with Crippen molar-refractivity contribution in [3.63, 3.8) is 0 Å². The molecule has 0 radical (unpaired) electrons. The summed E-state index contributed by atoms with van der Waals surface area (Å²) < 4.78 is 0. The third-order valence-electron chi connectivity index (χ3n) is 3.09. The summed E-state index contributed by atoms with van der Waals surface area (Å²) in [5, 5.41) is 6.68. The van der Waals surface area contributed by atoms with Crippen molar-refractivity contribution in [1.82, 2.24) is 9.97 Å². The number of para-hydroxylation sites is 1. The number of rotatable bonds is 4. The number of halogens is 1. The maximum Gasteiger partial charge on any atom is 0.225 e. The zero-order chi connectivity index (χ0) is 13.9. The van der Waals surface area contributed by atoms with E-state index in [0.717, 1.165) is 34.6 Å². The highest BCUT2D eigenvalue weighted by atomic mass is 35.5. The second-order valence-corrected chi connectivity index (χ2v) is 5.75. The number of nitrogens with one attached hydrogen (secondary N) is 1. The second kappa shape index (κ2) is 5.77. The van der Waals surface area contributed by atoms with Crippen LogP contribution in [0.5, 0.6) is 0 Å². The quantitative estimate of drug-likeness (QED) is 0.686. The number of hydrogen-bond acceptors (Lipinski definition) is 4. The molecule has 3 aromatic rings. The van der Waals surface area contributed by atoms with Gasteiger partial charge in [0.1, 0.15) is 10.6 Å². The van der Waals surface area contributed by atoms with Crippen LogP contribution in [0.3, 0.4) is 0 Å². The van der Waals surface area contributed by atoms with Crippen molar-refractivity contribution < 1.29 is 0 Å². The van der Waals surface area contributed by atoms with Crippen LogP contribution in [0.1, 0.15) is 18.9 Å². The number of hydrogen-bond donors (Lipinski definition) is 1. The first kappa shape index (κ1) is 13.3. The second-order valence-electron chi connectivity index (χ2n) is 4.51. The Hall–Kier alpha value is -1.65. The number of thiophene rings is 1. The van der Waals surface area contributed by atoms with Crippen LogP contribution in [0.2, 0.25) is 5.28 Å². The lowest BCUT2D eigenvalue weighted by Gasteiger charge is -2.11. The smallest absolute Gasteiger partial charge is 0.225 e. The van der Waals surface area contributed by atoms with Crippen molar-refractivity contribution in [2.75, 3.05) is 5.32 Å². The summed E-state index contributed by atoms with van der Waals surface area (Å²) in [6.45, 7) is 2.18. The van der Waals surface area contributed by atoms with E-state index in [9.17, 15) is 0 Å². The summed E-state index contributed by atoms with van der Waals surface area (Å²) >= 11 is 7.56. The largest absolute Gasteiger partial charge is 0.339 e. The molecule has 0 unspecified atom stereocenters. The predicted octanol–water partition coefficient (Wildman–Crippen LogP) is 5.04. The van der Waals surface area contributed by atoms with E-state index < -0.39 is 0 Å². The lowest BCUT2D eigenvalue weighted by molar-refractivity contribution is 0.923. The monoisotopic (exact) mass is 303 g/mol. The molecule has 20 heavy (non-hydrogen) atoms. The van der Waals surface area contributed by atoms with E-state index in [1.165, 1.54) is 5.56 Å². The fourth-order valence-electron chi connectivity index (χ4n) is 2.18. The van der Waals surface area contributed by atoms with E-state index >= 15 is 0 Å². The Morgan fingerprint density at radius 2 is 2.05 bits per heavy atom. The molecule has 0 atom stereocenters. The maximum atomic E-state index is 5.99. The first-order valence-electron chi connectivity index (χ1n) is 6.53. The summed E-state index contributed by atoms with van der Waals surface area (Å²) in [6, 6.07) is 10.3. The van der Waals surface area contributed by atoms with Crippen LogP contribution < -0.4 is 5.32 Å². The van der Waals surface area contributed by atoms with Crippen LogP contribution in [-0.2, 0) is 6.42 Å². The number of fused-ring (bicyclic) bond motifs is 1. The molecule has 3 rings (SSSR count). The van der Waals surface area contributed by atoms with E-state index in [4.69, 9.17) is 11.6 Å². The van der Waals surface area contributed by atoms with E-state index in [1.807, 2.05) is 17.5 Å². The molecule has 2 heterocycles. The Morgan fingerprint density at radius 3 is 2.90 bits per heavy atom. The highest BCUT2D eigenvalue weighted by Crippen LogP contribution is 2.30. The van der Waals surface area contributed by atoms with Gasteiger partial charge in [-0.3, -0.25) is 0 Å². The van der Waals surface area contributed by atoms with E-state index in [-0.39, 0.29) is 5.28 Å². The fourth-order valence-corrected chi connectivity index (χ4v) is 3.16. The van der Waals surface area contributed by atoms with Gasteiger partial charge in [0.15, 0.2) is 0 Å². The molecule has 0 bridgehead atoms. The summed E-state index contributed by atoms with van der Waals surface area (Å²) in [5.74, 6) is 0.768. The van der Waals surface area contributed by atoms with Gasteiger partial charge in [0.05, 0.1) is 5.39 Å². The minimum absolute atomic E-state index is 0.274. The van der Waals surface area contributed by atoms with E-state index in [2.05, 4.69) is 40.4 Å². The van der Waals surface area contributed by atoms with Gasteiger partial charge in [-0.1, -0.05) is 31.5 Å². The highest BCUT2D eigenvalue weighted by molar-refractivity contribution is 7.16. The van der Waals surface area contributed by atoms with Crippen LogP contribution in [0.25, 0.3) is 10.2 Å². The predicted molar refractivity (Wildman–Crippen MR) is 86.1 cm³/mol. The average molecular weight is 304 g/mol. The van der Waals surface area contributed by atoms with Gasteiger partial charge in [0.2, 0.25) is 5.28 Å². The SMILES string of the molecule is CCCc1ccccc1Nc1nc(Cl)nc2sccc12. The molecule has 102 valence electrons. The molecule has 0 saturated heterocycles. The van der Waals surface area contributed by atoms with Gasteiger partial charge in [-0.2, -0.15) is 4.98 Å². The maximum absolute atomic E-state index is 5.99. The Labute approximate surface area is 126 Å². The van der Waals surface area contributed by atoms with E-state index in [1.54, 1.807) is 11.3 Å². The highest BCUT2D eigenvalue weighted by Gasteiger charge is 2.09. The van der Waals surface area contributed by atoms with Crippen molar-refractivity contribution in [3.8, 4) is 0 Å². The molecule has 0 amide bonds. The molecule has 0 aliphatic heterocycles. The fraction of sp³-hybridized carbons (Fsp3) is 0.200. The minimum atomic E-state index is 0.274. The number of nitrogens with zero attached hydrogens (tertiary/aromatic N) is 2. The van der Waals surface area contributed by atoms with Crippen molar-refractivity contribution >= 4 is 44.7 Å². The number of aryl methyl sites for hydroxylation is 1. The van der Waals surface area contributed by atoms with Crippen LogP contribution in [0.4, 0.5) is 11.5 Å². The van der Waals surface area contributed by atoms with Crippen LogP contribution in [0, 0.1) is 0 Å². The molecule has 3 nitrogen and oxygen atoms in total. The van der Waals surface area contributed by atoms with Gasteiger partial charge in [-0.05, 0) is 41.1 Å². The normalized spacial score (nSPS) is 10.9. The van der Waals surface area contributed by atoms with Crippen LogP contribution >= 0.6 is 22.9 Å². The Kier molecular flexibility index (Phi) is 3.85. The lowest BCUT2D eigenvalue weighted by atomic mass is 10.1. The molecular formula is C15H14ClN3S. The van der Waals surface area contributed by atoms with Crippen molar-refractivity contribution in [1.29, 1.82) is 0 Å². The van der Waals surface area contributed by atoms with Gasteiger partial charge in [-0.25, -0.2) is 4.98 Å². The van der Waals surface area contributed by atoms with Gasteiger partial charge >= 0.3 is 0 Å². The number of anilines is 2. The van der Waals surface area contributed by atoms with Crippen LogP contribution in [-0.4, -0.2) is 9.97 Å². The standard InChI is InChI=1S/C15H14ClN3S/c1-2-5-10-6-3-4-7-12(10)17-13-11-8-9-20-14(11)19-15(16)18-13/h3-4,6-9H,2,5H2,1H3,(H,17,18,19). The molecule has 1 N–H and O–H groups in total. The Balaban J connectivity index is 2.03. The lowest BCUT2D eigenvalue weighted by Crippen LogP contribution is -1.99. The Morgan fingerprint density at radius 1 is 1.20 bits per heavy atom. The van der Waals surface area contributed by atoms with E-state index in [0.29, 0.717) is 0 Å². The van der Waals surface area contributed by atoms with Crippen molar-refractivity contribution in [2.24, 2.45) is 0 Å². The van der Waals surface area contributed by atoms with Gasteiger partial charge in [-0.15, -0.1) is 11.3 Å². The number of aromatic nitrogens is 2. The van der Waals surface area contributed by atoms with Gasteiger partial charge in [0, 0.05) is 5.69 Å². The third kappa shape index (κ3) is 2.62. The first-order chi connectivity index (χ1) is 9.78. The minimum Gasteiger partial charge on any atom is -0.339 e. The summed E-state index contributed by atoms with van der Waals surface area (Å²) in [5.41, 5.74) is 2.37. The molecule has 0 spiro atoms. The molecule has 0 saturated carbocycles. The molecular weight excluding hydrogens is 290 g/mol. The molecule has 0 fully saturated rings. The van der Waals surface area contributed by atoms with Crippen molar-refractivity contribution in [2.45, 2.75) is 19.8 Å². The van der Waals surface area contributed by atoms with Gasteiger partial charge < -0.3 is 5.32 Å². The molecule has 1 aromatic carbocycles. The molecule has 2 aromatic heterocycles. The topological polar surface area (TPSA) is 37.8 Å². The summed E-state index contributed by atoms with van der Waals surface area (Å²) in [6.07, 6.45) is 2.14. The molecule has 0 aliphatic rings.